The first kappa shape index (κ1) is 16.4. The number of hydrogen-bond acceptors (Lipinski definition) is 4. The summed E-state index contributed by atoms with van der Waals surface area (Å²) in [5.74, 6) is 0.0633. The van der Waals surface area contributed by atoms with Gasteiger partial charge in [-0.2, -0.15) is 0 Å². The molecule has 1 fully saturated rings. The average Bonchev–Trinajstić information content (AvgIpc) is 2.54. The Morgan fingerprint density at radius 2 is 2.04 bits per heavy atom. The SMILES string of the molecule is O=C(Cn1ccccc1=O)N[C@@H](Cc1ccncc1)C1CC(O)C1. The van der Waals surface area contributed by atoms with E-state index in [2.05, 4.69) is 10.3 Å². The monoisotopic (exact) mass is 327 g/mol. The van der Waals surface area contributed by atoms with Crippen LogP contribution >= 0.6 is 0 Å². The van der Waals surface area contributed by atoms with E-state index < -0.39 is 0 Å². The first-order valence-electron chi connectivity index (χ1n) is 8.13. The van der Waals surface area contributed by atoms with E-state index in [1.54, 1.807) is 30.7 Å². The Hall–Kier alpha value is -2.47. The minimum absolute atomic E-state index is 0.00178. The van der Waals surface area contributed by atoms with Crippen molar-refractivity contribution in [1.29, 1.82) is 0 Å². The van der Waals surface area contributed by atoms with E-state index in [1.807, 2.05) is 12.1 Å². The second-order valence-electron chi connectivity index (χ2n) is 6.29. The van der Waals surface area contributed by atoms with E-state index in [0.29, 0.717) is 19.3 Å². The van der Waals surface area contributed by atoms with Crippen LogP contribution in [-0.4, -0.2) is 32.7 Å². The van der Waals surface area contributed by atoms with Crippen molar-refractivity contribution in [1.82, 2.24) is 14.9 Å². The molecule has 24 heavy (non-hydrogen) atoms. The minimum Gasteiger partial charge on any atom is -0.393 e. The number of aliphatic hydroxyl groups excluding tert-OH is 1. The second kappa shape index (κ2) is 7.40. The summed E-state index contributed by atoms with van der Waals surface area (Å²) in [5.41, 5.74) is 0.894. The molecule has 6 heteroatoms. The lowest BCUT2D eigenvalue weighted by Crippen LogP contribution is -2.49. The molecule has 2 N–H and O–H groups in total. The molecular weight excluding hydrogens is 306 g/mol. The Balaban J connectivity index is 1.66. The number of nitrogens with one attached hydrogen (secondary N) is 1. The van der Waals surface area contributed by atoms with Gasteiger partial charge in [0, 0.05) is 30.7 Å². The van der Waals surface area contributed by atoms with E-state index >= 15 is 0 Å². The van der Waals surface area contributed by atoms with Crippen molar-refractivity contribution in [2.75, 3.05) is 0 Å². The smallest absolute Gasteiger partial charge is 0.250 e. The lowest BCUT2D eigenvalue weighted by atomic mass is 9.75. The van der Waals surface area contributed by atoms with Gasteiger partial charge in [0.15, 0.2) is 0 Å². The highest BCUT2D eigenvalue weighted by atomic mass is 16.3. The highest BCUT2D eigenvalue weighted by Gasteiger charge is 2.34. The van der Waals surface area contributed by atoms with Gasteiger partial charge in [-0.1, -0.05) is 6.07 Å². The van der Waals surface area contributed by atoms with Crippen LogP contribution in [0, 0.1) is 5.92 Å². The van der Waals surface area contributed by atoms with Gasteiger partial charge in [0.05, 0.1) is 6.10 Å². The first-order chi connectivity index (χ1) is 11.6. The van der Waals surface area contributed by atoms with Crippen LogP contribution in [0.2, 0.25) is 0 Å². The lowest BCUT2D eigenvalue weighted by Gasteiger charge is -2.38. The number of carbonyl (C=O) groups excluding carboxylic acids is 1. The van der Waals surface area contributed by atoms with E-state index in [-0.39, 0.29) is 36.1 Å². The molecule has 3 rings (SSSR count). The quantitative estimate of drug-likeness (QED) is 0.820. The van der Waals surface area contributed by atoms with Crippen LogP contribution < -0.4 is 10.9 Å². The van der Waals surface area contributed by atoms with Gasteiger partial charge >= 0.3 is 0 Å². The zero-order valence-corrected chi connectivity index (χ0v) is 13.3. The Morgan fingerprint density at radius 1 is 1.29 bits per heavy atom. The van der Waals surface area contributed by atoms with Gasteiger partial charge < -0.3 is 15.0 Å². The topological polar surface area (TPSA) is 84.2 Å². The summed E-state index contributed by atoms with van der Waals surface area (Å²) in [6.45, 7) is 0.00178. The average molecular weight is 327 g/mol. The molecule has 0 unspecified atom stereocenters. The van der Waals surface area contributed by atoms with Gasteiger partial charge in [0.1, 0.15) is 6.54 Å². The van der Waals surface area contributed by atoms with Crippen molar-refractivity contribution >= 4 is 5.91 Å². The fourth-order valence-corrected chi connectivity index (χ4v) is 3.07. The summed E-state index contributed by atoms with van der Waals surface area (Å²) in [6.07, 6.45) is 6.87. The van der Waals surface area contributed by atoms with Crippen LogP contribution in [0.15, 0.2) is 53.7 Å². The molecule has 6 nitrogen and oxygen atoms in total. The number of hydrogen-bond donors (Lipinski definition) is 2. The largest absolute Gasteiger partial charge is 0.393 e. The molecule has 0 spiro atoms. The van der Waals surface area contributed by atoms with E-state index in [1.165, 1.54) is 10.6 Å². The Morgan fingerprint density at radius 3 is 2.71 bits per heavy atom. The standard InChI is InChI=1S/C18H21N3O3/c22-15-10-14(11-15)16(9-13-4-6-19-7-5-13)20-17(23)12-21-8-2-1-3-18(21)24/h1-8,14-16,22H,9-12H2,(H,20,23)/t14?,15?,16-/m0/s1. The van der Waals surface area contributed by atoms with Gasteiger partial charge in [-0.25, -0.2) is 0 Å². The zero-order valence-electron chi connectivity index (χ0n) is 13.3. The van der Waals surface area contributed by atoms with Gasteiger partial charge in [0.2, 0.25) is 5.91 Å². The van der Waals surface area contributed by atoms with Gasteiger partial charge in [0.25, 0.3) is 5.56 Å². The molecule has 2 aromatic rings. The molecule has 0 saturated heterocycles. The molecular formula is C18H21N3O3. The third kappa shape index (κ3) is 4.08. The van der Waals surface area contributed by atoms with Crippen molar-refractivity contribution in [2.45, 2.75) is 38.0 Å². The fourth-order valence-electron chi connectivity index (χ4n) is 3.07. The first-order valence-corrected chi connectivity index (χ1v) is 8.13. The van der Waals surface area contributed by atoms with Gasteiger partial charge in [-0.15, -0.1) is 0 Å². The van der Waals surface area contributed by atoms with Crippen LogP contribution in [0.3, 0.4) is 0 Å². The molecule has 126 valence electrons. The number of pyridine rings is 2. The maximum absolute atomic E-state index is 12.3. The van der Waals surface area contributed by atoms with Crippen molar-refractivity contribution in [3.8, 4) is 0 Å². The molecule has 1 amide bonds. The molecule has 1 saturated carbocycles. The lowest BCUT2D eigenvalue weighted by molar-refractivity contribution is -0.123. The van der Waals surface area contributed by atoms with Gasteiger partial charge in [-0.3, -0.25) is 14.6 Å². The Bertz CT molecular complexity index is 738. The van der Waals surface area contributed by atoms with Gasteiger partial charge in [-0.05, 0) is 48.9 Å². The predicted octanol–water partition coefficient (Wildman–Crippen LogP) is 0.742. The Kier molecular flexibility index (Phi) is 5.05. The zero-order chi connectivity index (χ0) is 16.9. The summed E-state index contributed by atoms with van der Waals surface area (Å²) in [6, 6.07) is 8.61. The van der Waals surface area contributed by atoms with E-state index in [0.717, 1.165) is 5.56 Å². The molecule has 0 radical (unpaired) electrons. The van der Waals surface area contributed by atoms with Crippen molar-refractivity contribution in [3.63, 3.8) is 0 Å². The Labute approximate surface area is 140 Å². The molecule has 1 aliphatic carbocycles. The summed E-state index contributed by atoms with van der Waals surface area (Å²) >= 11 is 0. The molecule has 0 aliphatic heterocycles. The van der Waals surface area contributed by atoms with Crippen LogP contribution in [0.5, 0.6) is 0 Å². The molecule has 1 atom stereocenters. The number of aromatic nitrogens is 2. The molecule has 1 aliphatic rings. The summed E-state index contributed by atoms with van der Waals surface area (Å²) in [7, 11) is 0. The van der Waals surface area contributed by atoms with Crippen molar-refractivity contribution in [2.24, 2.45) is 5.92 Å². The number of aliphatic hydroxyl groups is 1. The third-order valence-electron chi connectivity index (χ3n) is 4.48. The molecule has 2 aromatic heterocycles. The summed E-state index contributed by atoms with van der Waals surface area (Å²) in [4.78, 5) is 28.1. The third-order valence-corrected chi connectivity index (χ3v) is 4.48. The molecule has 0 bridgehead atoms. The highest BCUT2D eigenvalue weighted by Crippen LogP contribution is 2.31. The number of rotatable bonds is 6. The van der Waals surface area contributed by atoms with Crippen LogP contribution in [0.1, 0.15) is 18.4 Å². The number of amides is 1. The van der Waals surface area contributed by atoms with Crippen LogP contribution in [0.4, 0.5) is 0 Å². The maximum atomic E-state index is 12.3. The number of carbonyl (C=O) groups is 1. The van der Waals surface area contributed by atoms with Crippen LogP contribution in [0.25, 0.3) is 0 Å². The number of nitrogens with zero attached hydrogens (tertiary/aromatic N) is 2. The predicted molar refractivity (Wildman–Crippen MR) is 89.3 cm³/mol. The highest BCUT2D eigenvalue weighted by molar-refractivity contribution is 5.76. The minimum atomic E-state index is -0.274. The molecule has 2 heterocycles. The normalized spacial score (nSPS) is 20.9. The maximum Gasteiger partial charge on any atom is 0.250 e. The summed E-state index contributed by atoms with van der Waals surface area (Å²) < 4.78 is 1.38. The fraction of sp³-hybridized carbons (Fsp3) is 0.389. The van der Waals surface area contributed by atoms with E-state index in [4.69, 9.17) is 0 Å². The van der Waals surface area contributed by atoms with Crippen LogP contribution in [-0.2, 0) is 17.8 Å². The summed E-state index contributed by atoms with van der Waals surface area (Å²) in [5, 5.41) is 12.6. The van der Waals surface area contributed by atoms with E-state index in [9.17, 15) is 14.7 Å². The molecule has 0 aromatic carbocycles. The second-order valence-corrected chi connectivity index (χ2v) is 6.29. The van der Waals surface area contributed by atoms with Crippen molar-refractivity contribution in [3.05, 3.63) is 64.8 Å². The van der Waals surface area contributed by atoms with Crippen molar-refractivity contribution < 1.29 is 9.90 Å².